The van der Waals surface area contributed by atoms with Crippen molar-refractivity contribution in [3.63, 3.8) is 0 Å². The van der Waals surface area contributed by atoms with Crippen LogP contribution in [-0.4, -0.2) is 18.9 Å². The van der Waals surface area contributed by atoms with E-state index in [0.717, 1.165) is 0 Å². The summed E-state index contributed by atoms with van der Waals surface area (Å²) in [7, 11) is 1.56. The molecule has 2 amide bonds. The Kier molecular flexibility index (Phi) is 4.38. The van der Waals surface area contributed by atoms with E-state index in [2.05, 4.69) is 10.6 Å². The number of carbonyl (C=O) groups is 2. The van der Waals surface area contributed by atoms with Crippen molar-refractivity contribution in [3.05, 3.63) is 71.8 Å². The van der Waals surface area contributed by atoms with Crippen LogP contribution in [0.2, 0.25) is 0 Å². The molecular formula is C17H18N2O2. The molecule has 21 heavy (non-hydrogen) atoms. The Morgan fingerprint density at radius 1 is 0.857 bits per heavy atom. The predicted octanol–water partition coefficient (Wildman–Crippen LogP) is 1.81. The van der Waals surface area contributed by atoms with Crippen LogP contribution in [0.15, 0.2) is 60.7 Å². The van der Waals surface area contributed by atoms with Gasteiger partial charge in [-0.3, -0.25) is 9.59 Å². The van der Waals surface area contributed by atoms with Gasteiger partial charge in [0.2, 0.25) is 5.91 Å². The van der Waals surface area contributed by atoms with Crippen molar-refractivity contribution in [1.82, 2.24) is 10.6 Å². The van der Waals surface area contributed by atoms with Gasteiger partial charge in [-0.15, -0.1) is 0 Å². The largest absolute Gasteiger partial charge is 0.357 e. The quantitative estimate of drug-likeness (QED) is 0.898. The van der Waals surface area contributed by atoms with Gasteiger partial charge in [-0.05, 0) is 11.1 Å². The van der Waals surface area contributed by atoms with Crippen molar-refractivity contribution >= 4 is 11.8 Å². The second kappa shape index (κ2) is 6.22. The molecule has 0 spiro atoms. The van der Waals surface area contributed by atoms with E-state index in [1.54, 1.807) is 7.05 Å². The highest BCUT2D eigenvalue weighted by molar-refractivity contribution is 5.95. The lowest BCUT2D eigenvalue weighted by Gasteiger charge is -2.33. The molecule has 0 radical (unpaired) electrons. The van der Waals surface area contributed by atoms with Crippen LogP contribution < -0.4 is 10.6 Å². The van der Waals surface area contributed by atoms with E-state index in [4.69, 9.17) is 0 Å². The topological polar surface area (TPSA) is 58.2 Å². The normalized spacial score (nSPS) is 10.8. The molecule has 2 aromatic carbocycles. The molecular weight excluding hydrogens is 264 g/mol. The second-order valence-corrected chi connectivity index (χ2v) is 4.74. The first-order valence-corrected chi connectivity index (χ1v) is 6.73. The van der Waals surface area contributed by atoms with Gasteiger partial charge in [0.1, 0.15) is 0 Å². The summed E-state index contributed by atoms with van der Waals surface area (Å²) in [6, 6.07) is 18.4. The van der Waals surface area contributed by atoms with E-state index in [9.17, 15) is 9.59 Å². The molecule has 4 nitrogen and oxygen atoms in total. The minimum absolute atomic E-state index is 0.272. The molecule has 0 bridgehead atoms. The highest BCUT2D eigenvalue weighted by atomic mass is 16.2. The molecule has 0 atom stereocenters. The monoisotopic (exact) mass is 282 g/mol. The van der Waals surface area contributed by atoms with Gasteiger partial charge in [-0.25, -0.2) is 0 Å². The van der Waals surface area contributed by atoms with Crippen LogP contribution in [0.5, 0.6) is 0 Å². The SMILES string of the molecule is CNC(=O)C(NC(C)=O)(c1ccccc1)c1ccccc1. The van der Waals surface area contributed by atoms with Gasteiger partial charge in [-0.2, -0.15) is 0 Å². The lowest BCUT2D eigenvalue weighted by Crippen LogP contribution is -2.56. The maximum atomic E-state index is 12.6. The zero-order chi connectivity index (χ0) is 15.3. The maximum Gasteiger partial charge on any atom is 0.254 e. The highest BCUT2D eigenvalue weighted by Crippen LogP contribution is 2.30. The fourth-order valence-electron chi connectivity index (χ4n) is 2.46. The summed E-state index contributed by atoms with van der Waals surface area (Å²) in [5, 5.41) is 5.48. The number of amides is 2. The van der Waals surface area contributed by atoms with Gasteiger partial charge < -0.3 is 10.6 Å². The number of nitrogens with one attached hydrogen (secondary N) is 2. The van der Waals surface area contributed by atoms with Crippen molar-refractivity contribution < 1.29 is 9.59 Å². The van der Waals surface area contributed by atoms with Crippen LogP contribution in [0.3, 0.4) is 0 Å². The molecule has 0 heterocycles. The Morgan fingerprint density at radius 3 is 1.62 bits per heavy atom. The average Bonchev–Trinajstić information content (AvgIpc) is 2.53. The van der Waals surface area contributed by atoms with Gasteiger partial charge >= 0.3 is 0 Å². The van der Waals surface area contributed by atoms with E-state index in [-0.39, 0.29) is 11.8 Å². The van der Waals surface area contributed by atoms with Gasteiger partial charge in [-0.1, -0.05) is 60.7 Å². The third-order valence-corrected chi connectivity index (χ3v) is 3.34. The third kappa shape index (κ3) is 2.79. The minimum atomic E-state index is -1.23. The Balaban J connectivity index is 2.71. The minimum Gasteiger partial charge on any atom is -0.357 e. The van der Waals surface area contributed by atoms with Crippen LogP contribution in [0, 0.1) is 0 Å². The Bertz CT molecular complexity index is 584. The summed E-state index contributed by atoms with van der Waals surface area (Å²) in [5.74, 6) is -0.554. The van der Waals surface area contributed by atoms with Gasteiger partial charge in [0.25, 0.3) is 5.91 Å². The molecule has 4 heteroatoms. The predicted molar refractivity (Wildman–Crippen MR) is 81.5 cm³/mol. The summed E-state index contributed by atoms with van der Waals surface area (Å²) in [6.45, 7) is 1.41. The van der Waals surface area contributed by atoms with Crippen molar-refractivity contribution in [2.45, 2.75) is 12.5 Å². The summed E-state index contributed by atoms with van der Waals surface area (Å²) in [6.07, 6.45) is 0. The fourth-order valence-corrected chi connectivity index (χ4v) is 2.46. The molecule has 2 rings (SSSR count). The van der Waals surface area contributed by atoms with Crippen molar-refractivity contribution in [3.8, 4) is 0 Å². The molecule has 0 aliphatic carbocycles. The fraction of sp³-hybridized carbons (Fsp3) is 0.176. The molecule has 0 saturated carbocycles. The molecule has 108 valence electrons. The Labute approximate surface area is 124 Å². The summed E-state index contributed by atoms with van der Waals surface area (Å²) in [4.78, 5) is 24.4. The zero-order valence-corrected chi connectivity index (χ0v) is 12.1. The molecule has 0 unspecified atom stereocenters. The van der Waals surface area contributed by atoms with Crippen LogP contribution >= 0.6 is 0 Å². The van der Waals surface area contributed by atoms with Gasteiger partial charge in [0.05, 0.1) is 0 Å². The number of likely N-dealkylation sites (N-methyl/N-ethyl adjacent to an activating group) is 1. The summed E-state index contributed by atoms with van der Waals surface area (Å²) in [5.41, 5.74) is 0.194. The van der Waals surface area contributed by atoms with E-state index in [1.807, 2.05) is 60.7 Å². The van der Waals surface area contributed by atoms with Crippen molar-refractivity contribution in [2.75, 3.05) is 7.05 Å². The van der Waals surface area contributed by atoms with Gasteiger partial charge in [0, 0.05) is 14.0 Å². The van der Waals surface area contributed by atoms with Crippen LogP contribution in [0.1, 0.15) is 18.1 Å². The summed E-state index contributed by atoms with van der Waals surface area (Å²) >= 11 is 0. The molecule has 0 saturated heterocycles. The Morgan fingerprint density at radius 2 is 1.29 bits per heavy atom. The van der Waals surface area contributed by atoms with Crippen LogP contribution in [-0.2, 0) is 15.1 Å². The average molecular weight is 282 g/mol. The highest BCUT2D eigenvalue weighted by Gasteiger charge is 2.42. The second-order valence-electron chi connectivity index (χ2n) is 4.74. The maximum absolute atomic E-state index is 12.6. The standard InChI is InChI=1S/C17H18N2O2/c1-13(20)19-17(16(21)18-2,14-9-5-3-6-10-14)15-11-7-4-8-12-15/h3-12H,1-2H3,(H,18,21)(H,19,20). The number of hydrogen-bond acceptors (Lipinski definition) is 2. The van der Waals surface area contributed by atoms with Crippen LogP contribution in [0.4, 0.5) is 0 Å². The summed E-state index contributed by atoms with van der Waals surface area (Å²) < 4.78 is 0. The first-order chi connectivity index (χ1) is 10.1. The van der Waals surface area contributed by atoms with E-state index >= 15 is 0 Å². The molecule has 0 fully saturated rings. The molecule has 0 aliphatic heterocycles. The first-order valence-electron chi connectivity index (χ1n) is 6.73. The number of rotatable bonds is 4. The number of benzene rings is 2. The smallest absolute Gasteiger partial charge is 0.254 e. The number of hydrogen-bond donors (Lipinski definition) is 2. The molecule has 0 aromatic heterocycles. The van der Waals surface area contributed by atoms with Crippen molar-refractivity contribution in [2.24, 2.45) is 0 Å². The number of carbonyl (C=O) groups excluding carboxylic acids is 2. The van der Waals surface area contributed by atoms with Crippen LogP contribution in [0.25, 0.3) is 0 Å². The molecule has 2 aromatic rings. The third-order valence-electron chi connectivity index (χ3n) is 3.34. The zero-order valence-electron chi connectivity index (χ0n) is 12.1. The lowest BCUT2D eigenvalue weighted by molar-refractivity contribution is -0.131. The first kappa shape index (κ1) is 14.8. The van der Waals surface area contributed by atoms with E-state index in [1.165, 1.54) is 6.92 Å². The van der Waals surface area contributed by atoms with Gasteiger partial charge in [0.15, 0.2) is 5.54 Å². The van der Waals surface area contributed by atoms with E-state index < -0.39 is 5.54 Å². The Hall–Kier alpha value is -2.62. The molecule has 2 N–H and O–H groups in total. The lowest BCUT2D eigenvalue weighted by atomic mass is 9.81. The van der Waals surface area contributed by atoms with Crippen molar-refractivity contribution in [1.29, 1.82) is 0 Å². The molecule has 0 aliphatic rings. The van der Waals surface area contributed by atoms with E-state index in [0.29, 0.717) is 11.1 Å².